The van der Waals surface area contributed by atoms with Crippen molar-refractivity contribution in [2.75, 3.05) is 38.5 Å². The first-order valence-corrected chi connectivity index (χ1v) is 11.1. The lowest BCUT2D eigenvalue weighted by Gasteiger charge is -2.35. The van der Waals surface area contributed by atoms with Gasteiger partial charge >= 0.3 is 18.0 Å². The topological polar surface area (TPSA) is 118 Å². The Labute approximate surface area is 204 Å². The van der Waals surface area contributed by atoms with Crippen molar-refractivity contribution in [1.29, 1.82) is 0 Å². The SMILES string of the molecule is CCCN1C(=O)NC(c2cccc(NC(=O)Nc3cc(OC)cc(OC)c3)c2)C(C(=O)OC)=C1C. The Morgan fingerprint density at radius 3 is 2.26 bits per heavy atom. The number of hydrogen-bond donors (Lipinski definition) is 3. The summed E-state index contributed by atoms with van der Waals surface area (Å²) in [5.74, 6) is 0.533. The Balaban J connectivity index is 1.85. The smallest absolute Gasteiger partial charge is 0.337 e. The molecule has 35 heavy (non-hydrogen) atoms. The van der Waals surface area contributed by atoms with Crippen LogP contribution in [-0.2, 0) is 9.53 Å². The molecule has 1 aliphatic rings. The lowest BCUT2D eigenvalue weighted by molar-refractivity contribution is -0.136. The third-order valence-corrected chi connectivity index (χ3v) is 5.54. The summed E-state index contributed by atoms with van der Waals surface area (Å²) in [6.45, 7) is 4.15. The predicted molar refractivity (Wildman–Crippen MR) is 132 cm³/mol. The molecule has 3 N–H and O–H groups in total. The van der Waals surface area contributed by atoms with Gasteiger partial charge in [0.25, 0.3) is 0 Å². The van der Waals surface area contributed by atoms with E-state index in [9.17, 15) is 14.4 Å². The molecular formula is C25H30N4O6. The van der Waals surface area contributed by atoms with Crippen molar-refractivity contribution in [3.8, 4) is 11.5 Å². The molecule has 1 aliphatic heterocycles. The molecule has 0 aliphatic carbocycles. The van der Waals surface area contributed by atoms with E-state index in [1.54, 1.807) is 49.4 Å². The molecule has 4 amide bonds. The summed E-state index contributed by atoms with van der Waals surface area (Å²) in [5.41, 5.74) is 2.45. The molecule has 2 aromatic rings. The van der Waals surface area contributed by atoms with Gasteiger partial charge in [0.15, 0.2) is 0 Å². The molecule has 10 heteroatoms. The van der Waals surface area contributed by atoms with E-state index in [1.807, 2.05) is 6.92 Å². The van der Waals surface area contributed by atoms with Gasteiger partial charge in [0.1, 0.15) is 11.5 Å². The van der Waals surface area contributed by atoms with E-state index in [0.29, 0.717) is 46.3 Å². The number of nitrogens with zero attached hydrogens (tertiary/aromatic N) is 1. The Bertz CT molecular complexity index is 1120. The summed E-state index contributed by atoms with van der Waals surface area (Å²) < 4.78 is 15.5. The molecule has 0 saturated carbocycles. The van der Waals surface area contributed by atoms with Gasteiger partial charge in [0.05, 0.1) is 32.9 Å². The largest absolute Gasteiger partial charge is 0.497 e. The minimum absolute atomic E-state index is 0.301. The molecule has 3 rings (SSSR count). The van der Waals surface area contributed by atoms with Gasteiger partial charge < -0.3 is 30.2 Å². The quantitative estimate of drug-likeness (QED) is 0.484. The second-order valence-corrected chi connectivity index (χ2v) is 7.83. The lowest BCUT2D eigenvalue weighted by atomic mass is 9.94. The minimum Gasteiger partial charge on any atom is -0.497 e. The molecule has 1 atom stereocenters. The van der Waals surface area contributed by atoms with Crippen LogP contribution >= 0.6 is 0 Å². The number of benzene rings is 2. The summed E-state index contributed by atoms with van der Waals surface area (Å²) in [6, 6.07) is 10.4. The van der Waals surface area contributed by atoms with Gasteiger partial charge in [0, 0.05) is 41.8 Å². The second kappa shape index (κ2) is 11.3. The average Bonchev–Trinajstić information content (AvgIpc) is 2.85. The molecular weight excluding hydrogens is 452 g/mol. The van der Waals surface area contributed by atoms with Crippen LogP contribution in [0.25, 0.3) is 0 Å². The van der Waals surface area contributed by atoms with Crippen molar-refractivity contribution in [1.82, 2.24) is 10.2 Å². The summed E-state index contributed by atoms with van der Waals surface area (Å²) in [6.07, 6.45) is 0.734. The first-order chi connectivity index (χ1) is 16.8. The zero-order valence-corrected chi connectivity index (χ0v) is 20.4. The maximum absolute atomic E-state index is 12.7. The van der Waals surface area contributed by atoms with Crippen molar-refractivity contribution < 1.29 is 28.6 Å². The summed E-state index contributed by atoms with van der Waals surface area (Å²) >= 11 is 0. The molecule has 0 aromatic heterocycles. The number of allylic oxidation sites excluding steroid dienone is 1. The predicted octanol–water partition coefficient (Wildman–Crippen LogP) is 4.27. The Morgan fingerprint density at radius 1 is 1.00 bits per heavy atom. The van der Waals surface area contributed by atoms with Gasteiger partial charge in [-0.05, 0) is 31.0 Å². The van der Waals surface area contributed by atoms with E-state index in [2.05, 4.69) is 16.0 Å². The number of esters is 1. The monoisotopic (exact) mass is 482 g/mol. The van der Waals surface area contributed by atoms with E-state index >= 15 is 0 Å². The highest BCUT2D eigenvalue weighted by Gasteiger charge is 2.36. The zero-order chi connectivity index (χ0) is 25.5. The van der Waals surface area contributed by atoms with Gasteiger partial charge in [-0.3, -0.25) is 4.90 Å². The van der Waals surface area contributed by atoms with Crippen molar-refractivity contribution in [3.05, 3.63) is 59.3 Å². The number of urea groups is 2. The molecule has 2 aromatic carbocycles. The van der Waals surface area contributed by atoms with E-state index in [-0.39, 0.29) is 6.03 Å². The molecule has 0 spiro atoms. The third kappa shape index (κ3) is 5.84. The number of ether oxygens (including phenoxy) is 3. The fraction of sp³-hybridized carbons (Fsp3) is 0.320. The number of nitrogens with one attached hydrogen (secondary N) is 3. The highest BCUT2D eigenvalue weighted by atomic mass is 16.5. The highest BCUT2D eigenvalue weighted by Crippen LogP contribution is 2.32. The van der Waals surface area contributed by atoms with E-state index in [0.717, 1.165) is 6.42 Å². The number of carbonyl (C=O) groups is 3. The molecule has 1 heterocycles. The van der Waals surface area contributed by atoms with Crippen LogP contribution in [0.5, 0.6) is 11.5 Å². The van der Waals surface area contributed by atoms with Gasteiger partial charge in [-0.25, -0.2) is 14.4 Å². The van der Waals surface area contributed by atoms with Crippen LogP contribution in [0.15, 0.2) is 53.7 Å². The molecule has 186 valence electrons. The number of amides is 4. The first kappa shape index (κ1) is 25.4. The number of carbonyl (C=O) groups excluding carboxylic acids is 3. The maximum Gasteiger partial charge on any atom is 0.337 e. The van der Waals surface area contributed by atoms with E-state index in [1.165, 1.54) is 26.2 Å². The number of rotatable bonds is 8. The normalized spacial score (nSPS) is 15.3. The average molecular weight is 483 g/mol. The van der Waals surface area contributed by atoms with Crippen LogP contribution in [0, 0.1) is 0 Å². The van der Waals surface area contributed by atoms with Gasteiger partial charge in [-0.1, -0.05) is 19.1 Å². The van der Waals surface area contributed by atoms with Gasteiger partial charge in [-0.2, -0.15) is 0 Å². The van der Waals surface area contributed by atoms with Crippen LogP contribution in [0.1, 0.15) is 31.9 Å². The molecule has 0 bridgehead atoms. The summed E-state index contributed by atoms with van der Waals surface area (Å²) in [4.78, 5) is 39.5. The van der Waals surface area contributed by atoms with Crippen LogP contribution in [0.2, 0.25) is 0 Å². The molecule has 0 saturated heterocycles. The molecule has 10 nitrogen and oxygen atoms in total. The first-order valence-electron chi connectivity index (χ1n) is 11.1. The van der Waals surface area contributed by atoms with Gasteiger partial charge in [-0.15, -0.1) is 0 Å². The van der Waals surface area contributed by atoms with Crippen LogP contribution in [-0.4, -0.2) is 50.8 Å². The minimum atomic E-state index is -0.726. The standard InChI is InChI=1S/C25H30N4O6/c1-6-10-29-15(2)21(23(30)35-5)22(28-25(29)32)16-8-7-9-17(11-16)26-24(31)27-18-12-19(33-3)14-20(13-18)34-4/h7-9,11-14,22H,6,10H2,1-5H3,(H,28,32)(H2,26,27,31). The number of anilines is 2. The van der Waals surface area contributed by atoms with Crippen LogP contribution in [0.3, 0.4) is 0 Å². The van der Waals surface area contributed by atoms with Crippen molar-refractivity contribution in [2.45, 2.75) is 26.3 Å². The van der Waals surface area contributed by atoms with Crippen LogP contribution in [0.4, 0.5) is 21.0 Å². The molecule has 1 unspecified atom stereocenters. The van der Waals surface area contributed by atoms with Crippen molar-refractivity contribution >= 4 is 29.4 Å². The van der Waals surface area contributed by atoms with Crippen molar-refractivity contribution in [3.63, 3.8) is 0 Å². The summed E-state index contributed by atoms with van der Waals surface area (Å²) in [7, 11) is 4.35. The maximum atomic E-state index is 12.7. The molecule has 0 radical (unpaired) electrons. The Kier molecular flexibility index (Phi) is 8.19. The van der Waals surface area contributed by atoms with Gasteiger partial charge in [0.2, 0.25) is 0 Å². The fourth-order valence-corrected chi connectivity index (χ4v) is 3.87. The molecule has 0 fully saturated rings. The Hall–Kier alpha value is -4.21. The number of methoxy groups -OCH3 is 3. The number of hydrogen-bond acceptors (Lipinski definition) is 6. The zero-order valence-electron chi connectivity index (χ0n) is 20.4. The lowest BCUT2D eigenvalue weighted by Crippen LogP contribution is -2.48. The highest BCUT2D eigenvalue weighted by molar-refractivity contribution is 6.00. The summed E-state index contributed by atoms with van der Waals surface area (Å²) in [5, 5.41) is 8.39. The second-order valence-electron chi connectivity index (χ2n) is 7.83. The van der Waals surface area contributed by atoms with E-state index in [4.69, 9.17) is 14.2 Å². The van der Waals surface area contributed by atoms with E-state index < -0.39 is 18.0 Å². The fourth-order valence-electron chi connectivity index (χ4n) is 3.87. The Morgan fingerprint density at radius 2 is 1.66 bits per heavy atom. The van der Waals surface area contributed by atoms with Crippen molar-refractivity contribution in [2.24, 2.45) is 0 Å². The van der Waals surface area contributed by atoms with Crippen LogP contribution < -0.4 is 25.4 Å². The third-order valence-electron chi connectivity index (χ3n) is 5.54.